The summed E-state index contributed by atoms with van der Waals surface area (Å²) in [5, 5.41) is 21.2. The Kier molecular flexibility index (Phi) is 10.2. The molecule has 1 aliphatic rings. The number of aliphatic hydroxyl groups excluding tert-OH is 1. The summed E-state index contributed by atoms with van der Waals surface area (Å²) in [6.45, 7) is 8.65. The zero-order chi connectivity index (χ0) is 25.3. The SMILES string of the molecule is CC(=O)O[C@H]1/C=C/[C@H](C)[C@@H](/C(C)=C/C=C/[C@H](C)c2ccccn2)OC(=O)C[C@H](O)CC[C@@]1(C)O. The quantitative estimate of drug-likeness (QED) is 0.379. The van der Waals surface area contributed by atoms with Gasteiger partial charge in [0, 0.05) is 30.7 Å². The first-order valence-electron chi connectivity index (χ1n) is 11.7. The summed E-state index contributed by atoms with van der Waals surface area (Å²) >= 11 is 0. The standard InChI is InChI=1S/C27H37NO6/c1-18(23-11-6-7-16-28-23)9-8-10-19(2)26-20(3)12-13-24(33-21(4)29)27(5,32)15-14-22(30)17-25(31)34-26/h6-13,16,18,20,22,24,26,30,32H,14-15,17H2,1-5H3/b9-8+,13-12+,19-10+/t18-,20-,22+,24-,26+,27+/m0/s1. The van der Waals surface area contributed by atoms with E-state index in [1.165, 1.54) is 6.92 Å². The second kappa shape index (κ2) is 12.6. The van der Waals surface area contributed by atoms with E-state index in [0.29, 0.717) is 0 Å². The van der Waals surface area contributed by atoms with Gasteiger partial charge in [0.15, 0.2) is 0 Å². The number of nitrogens with zero attached hydrogens (tertiary/aromatic N) is 1. The predicted octanol–water partition coefficient (Wildman–Crippen LogP) is 4.02. The van der Waals surface area contributed by atoms with E-state index in [-0.39, 0.29) is 31.1 Å². The molecule has 2 heterocycles. The zero-order valence-electron chi connectivity index (χ0n) is 20.7. The van der Waals surface area contributed by atoms with Crippen molar-refractivity contribution in [3.63, 3.8) is 0 Å². The molecule has 2 rings (SSSR count). The smallest absolute Gasteiger partial charge is 0.309 e. The highest BCUT2D eigenvalue weighted by Crippen LogP contribution is 2.27. The van der Waals surface area contributed by atoms with Gasteiger partial charge in [0.25, 0.3) is 0 Å². The van der Waals surface area contributed by atoms with Crippen molar-refractivity contribution in [2.45, 2.75) is 83.7 Å². The number of hydrogen-bond acceptors (Lipinski definition) is 7. The topological polar surface area (TPSA) is 106 Å². The van der Waals surface area contributed by atoms with Crippen LogP contribution in [0, 0.1) is 5.92 Å². The first-order chi connectivity index (χ1) is 16.0. The van der Waals surface area contributed by atoms with E-state index in [1.54, 1.807) is 25.3 Å². The first-order valence-corrected chi connectivity index (χ1v) is 11.7. The van der Waals surface area contributed by atoms with E-state index >= 15 is 0 Å². The molecule has 0 fully saturated rings. The van der Waals surface area contributed by atoms with Gasteiger partial charge >= 0.3 is 11.9 Å². The molecule has 6 atom stereocenters. The lowest BCUT2D eigenvalue weighted by atomic mass is 9.88. The van der Waals surface area contributed by atoms with Crippen LogP contribution >= 0.6 is 0 Å². The number of ether oxygens (including phenoxy) is 2. The van der Waals surface area contributed by atoms with E-state index in [4.69, 9.17) is 9.47 Å². The summed E-state index contributed by atoms with van der Waals surface area (Å²) in [7, 11) is 0. The Morgan fingerprint density at radius 2 is 2.06 bits per heavy atom. The van der Waals surface area contributed by atoms with Crippen molar-refractivity contribution in [2.24, 2.45) is 5.92 Å². The fourth-order valence-electron chi connectivity index (χ4n) is 3.84. The van der Waals surface area contributed by atoms with Gasteiger partial charge in [-0.3, -0.25) is 14.6 Å². The molecule has 2 N–H and O–H groups in total. The van der Waals surface area contributed by atoms with E-state index < -0.39 is 35.9 Å². The fraction of sp³-hybridized carbons (Fsp3) is 0.519. The number of aliphatic hydroxyl groups is 2. The number of rotatable bonds is 5. The molecule has 1 aromatic heterocycles. The van der Waals surface area contributed by atoms with Crippen LogP contribution in [0.4, 0.5) is 0 Å². The molecule has 1 aromatic rings. The van der Waals surface area contributed by atoms with Crippen LogP contribution < -0.4 is 0 Å². The van der Waals surface area contributed by atoms with Gasteiger partial charge in [-0.1, -0.05) is 44.2 Å². The Balaban J connectivity index is 2.29. The molecule has 186 valence electrons. The molecule has 7 heteroatoms. The van der Waals surface area contributed by atoms with Gasteiger partial charge in [0.1, 0.15) is 17.8 Å². The van der Waals surface area contributed by atoms with Crippen LogP contribution in [0.15, 0.2) is 60.3 Å². The largest absolute Gasteiger partial charge is 0.457 e. The third kappa shape index (κ3) is 8.54. The third-order valence-corrected chi connectivity index (χ3v) is 5.98. The maximum Gasteiger partial charge on any atom is 0.309 e. The van der Waals surface area contributed by atoms with Gasteiger partial charge in [0.2, 0.25) is 0 Å². The average Bonchev–Trinajstić information content (AvgIpc) is 2.78. The molecule has 0 saturated carbocycles. The van der Waals surface area contributed by atoms with Crippen molar-refractivity contribution >= 4 is 11.9 Å². The molecule has 0 bridgehead atoms. The first kappa shape index (κ1) is 27.5. The molecule has 1 aliphatic heterocycles. The van der Waals surface area contributed by atoms with Gasteiger partial charge < -0.3 is 19.7 Å². The summed E-state index contributed by atoms with van der Waals surface area (Å²) in [5.41, 5.74) is 0.380. The van der Waals surface area contributed by atoms with Gasteiger partial charge in [-0.05, 0) is 50.5 Å². The van der Waals surface area contributed by atoms with Crippen LogP contribution in [-0.2, 0) is 19.1 Å². The van der Waals surface area contributed by atoms with Gasteiger partial charge in [-0.15, -0.1) is 0 Å². The number of aromatic nitrogens is 1. The van der Waals surface area contributed by atoms with Crippen molar-refractivity contribution in [1.82, 2.24) is 4.98 Å². The molecule has 0 radical (unpaired) electrons. The number of carbonyl (C=O) groups excluding carboxylic acids is 2. The number of allylic oxidation sites excluding steroid dienone is 3. The van der Waals surface area contributed by atoms with Crippen LogP contribution in [0.1, 0.15) is 65.5 Å². The fourth-order valence-corrected chi connectivity index (χ4v) is 3.84. The molecule has 0 amide bonds. The van der Waals surface area contributed by atoms with E-state index in [9.17, 15) is 19.8 Å². The number of cyclic esters (lactones) is 1. The van der Waals surface area contributed by atoms with Crippen molar-refractivity contribution in [1.29, 1.82) is 0 Å². The maximum atomic E-state index is 12.5. The Morgan fingerprint density at radius 3 is 2.71 bits per heavy atom. The number of carbonyl (C=O) groups is 2. The minimum atomic E-state index is -1.39. The molecule has 0 spiro atoms. The molecule has 0 aliphatic carbocycles. The van der Waals surface area contributed by atoms with Gasteiger partial charge in [0.05, 0.1) is 12.5 Å². The molecule has 0 aromatic carbocycles. The summed E-state index contributed by atoms with van der Waals surface area (Å²) in [4.78, 5) is 28.5. The molecular formula is C27H37NO6. The third-order valence-electron chi connectivity index (χ3n) is 5.98. The number of pyridine rings is 1. The highest BCUT2D eigenvalue weighted by molar-refractivity contribution is 5.70. The second-order valence-electron chi connectivity index (χ2n) is 9.28. The predicted molar refractivity (Wildman–Crippen MR) is 130 cm³/mol. The second-order valence-corrected chi connectivity index (χ2v) is 9.28. The van der Waals surface area contributed by atoms with Crippen molar-refractivity contribution < 1.29 is 29.3 Å². The monoisotopic (exact) mass is 471 g/mol. The van der Waals surface area contributed by atoms with Crippen molar-refractivity contribution in [3.8, 4) is 0 Å². The minimum absolute atomic E-state index is 0.114. The maximum absolute atomic E-state index is 12.5. The van der Waals surface area contributed by atoms with Crippen LogP contribution in [0.2, 0.25) is 0 Å². The highest BCUT2D eigenvalue weighted by atomic mass is 16.6. The zero-order valence-corrected chi connectivity index (χ0v) is 20.7. The molecule has 7 nitrogen and oxygen atoms in total. The molecule has 0 unspecified atom stereocenters. The van der Waals surface area contributed by atoms with E-state index in [0.717, 1.165) is 11.3 Å². The summed E-state index contributed by atoms with van der Waals surface area (Å²) in [6, 6.07) is 5.78. The Labute approximate surface area is 202 Å². The normalized spacial score (nSPS) is 31.1. The van der Waals surface area contributed by atoms with Gasteiger partial charge in [-0.25, -0.2) is 0 Å². The Morgan fingerprint density at radius 1 is 1.32 bits per heavy atom. The van der Waals surface area contributed by atoms with E-state index in [2.05, 4.69) is 4.98 Å². The van der Waals surface area contributed by atoms with Crippen molar-refractivity contribution in [3.05, 3.63) is 66.0 Å². The minimum Gasteiger partial charge on any atom is -0.457 e. The van der Waals surface area contributed by atoms with E-state index in [1.807, 2.05) is 57.2 Å². The molecular weight excluding hydrogens is 434 g/mol. The van der Waals surface area contributed by atoms with Crippen LogP contribution in [0.25, 0.3) is 0 Å². The lowest BCUT2D eigenvalue weighted by Gasteiger charge is -2.32. The highest BCUT2D eigenvalue weighted by Gasteiger charge is 2.34. The molecule has 34 heavy (non-hydrogen) atoms. The Hall–Kier alpha value is -2.77. The number of hydrogen-bond donors (Lipinski definition) is 2. The molecule has 0 saturated heterocycles. The van der Waals surface area contributed by atoms with Gasteiger partial charge in [-0.2, -0.15) is 0 Å². The van der Waals surface area contributed by atoms with Crippen LogP contribution in [0.5, 0.6) is 0 Å². The average molecular weight is 472 g/mol. The van der Waals surface area contributed by atoms with Crippen LogP contribution in [-0.4, -0.2) is 51.0 Å². The summed E-state index contributed by atoms with van der Waals surface area (Å²) < 4.78 is 11.1. The lowest BCUT2D eigenvalue weighted by Crippen LogP contribution is -2.42. The summed E-state index contributed by atoms with van der Waals surface area (Å²) in [5.74, 6) is -1.18. The summed E-state index contributed by atoms with van der Waals surface area (Å²) in [6.07, 6.45) is 8.68. The number of esters is 2. The van der Waals surface area contributed by atoms with Crippen LogP contribution in [0.3, 0.4) is 0 Å². The lowest BCUT2D eigenvalue weighted by molar-refractivity contribution is -0.157. The Bertz CT molecular complexity index is 905. The van der Waals surface area contributed by atoms with Crippen molar-refractivity contribution in [2.75, 3.05) is 0 Å².